The molecule has 6 aromatic carbocycles. The van der Waals surface area contributed by atoms with Crippen LogP contribution in [0.2, 0.25) is 0 Å². The molecule has 2 spiro atoms. The number of ketones is 2. The number of aliphatic hydroxyl groups excluding tert-OH is 2. The Morgan fingerprint density at radius 1 is 0.552 bits per heavy atom. The Hall–Kier alpha value is -4.86. The van der Waals surface area contributed by atoms with Gasteiger partial charge in [0, 0.05) is 67.6 Å². The zero-order chi connectivity index (χ0) is 47.3. The fraction of sp³-hybridized carbons (Fsp3) is 0.259. The van der Waals surface area contributed by atoms with E-state index in [1.54, 1.807) is 24.3 Å². The summed E-state index contributed by atoms with van der Waals surface area (Å²) >= 11 is 9.86. The van der Waals surface area contributed by atoms with Crippen molar-refractivity contribution in [2.75, 3.05) is 23.8 Å². The molecule has 0 unspecified atom stereocenters. The highest BCUT2D eigenvalue weighted by atomic mass is 79.9. The van der Waals surface area contributed by atoms with Gasteiger partial charge in [-0.1, -0.05) is 165 Å². The van der Waals surface area contributed by atoms with Crippen LogP contribution in [0.3, 0.4) is 0 Å². The molecular weight excluding hydrogens is 1010 g/mol. The van der Waals surface area contributed by atoms with E-state index in [2.05, 4.69) is 42.5 Å². The van der Waals surface area contributed by atoms with Crippen molar-refractivity contribution in [3.63, 3.8) is 0 Å². The average Bonchev–Trinajstić information content (AvgIpc) is 3.81. The number of ether oxygens (including phenoxy) is 1. The Labute approximate surface area is 416 Å². The van der Waals surface area contributed by atoms with Crippen molar-refractivity contribution >= 4 is 90.1 Å². The molecule has 4 N–H and O–H groups in total. The fourth-order valence-electron chi connectivity index (χ4n) is 9.65. The van der Waals surface area contributed by atoms with E-state index >= 15 is 0 Å². The van der Waals surface area contributed by atoms with Gasteiger partial charge >= 0.3 is 0 Å². The smallest absolute Gasteiger partial charge is 0.245 e. The van der Waals surface area contributed by atoms with E-state index in [1.165, 1.54) is 23.5 Å². The van der Waals surface area contributed by atoms with E-state index in [1.807, 2.05) is 147 Å². The van der Waals surface area contributed by atoms with Crippen molar-refractivity contribution in [1.82, 2.24) is 0 Å². The minimum atomic E-state index is -1.02. The molecule has 0 bridgehead atoms. The molecule has 6 aromatic rings. The molecule has 2 saturated heterocycles. The molecule has 0 saturated carbocycles. The molecule has 4 aliphatic heterocycles. The number of hydrogen-bond donors (Lipinski definition) is 4. The summed E-state index contributed by atoms with van der Waals surface area (Å²) in [7, 11) is 0. The van der Waals surface area contributed by atoms with Gasteiger partial charge in [0.15, 0.2) is 11.6 Å². The monoisotopic (exact) mass is 1060 g/mol. The summed E-state index contributed by atoms with van der Waals surface area (Å²) in [6.07, 6.45) is -1.11. The first-order valence-corrected chi connectivity index (χ1v) is 25.6. The lowest BCUT2D eigenvalue weighted by atomic mass is 9.76. The van der Waals surface area contributed by atoms with Gasteiger partial charge < -0.3 is 25.6 Å². The Morgan fingerprint density at radius 2 is 0.896 bits per heavy atom. The molecule has 0 aliphatic carbocycles. The number of anilines is 2. The molecule has 2 fully saturated rings. The van der Waals surface area contributed by atoms with Crippen LogP contribution < -0.4 is 10.6 Å². The van der Waals surface area contributed by atoms with Crippen LogP contribution in [-0.4, -0.2) is 69.5 Å². The SMILES string of the molecule is CCOCC.O=C(c1ccccc1)[C@@H]1S[C@@]2(C(=O)Nc3cccc(Br)c32)[C@@H](c2ccccc2)C[C@@H]1O.O=C(c1ccccc1)[C@H]1S[C@]2(C(=O)Nc3cccc(Br)c32)[C@H](c2ccccc2)C[C@H]1O. The van der Waals surface area contributed by atoms with Crippen LogP contribution in [0.4, 0.5) is 11.4 Å². The van der Waals surface area contributed by atoms with E-state index in [0.29, 0.717) is 24.0 Å². The van der Waals surface area contributed by atoms with Gasteiger partial charge in [-0.15, -0.1) is 23.5 Å². The first-order chi connectivity index (χ1) is 32.5. The lowest BCUT2D eigenvalue weighted by molar-refractivity contribution is -0.119. The largest absolute Gasteiger partial charge is 0.391 e. The molecule has 13 heteroatoms. The first kappa shape index (κ1) is 48.6. The maximum absolute atomic E-state index is 13.6. The van der Waals surface area contributed by atoms with Gasteiger partial charge in [-0.2, -0.15) is 0 Å². The molecule has 8 atom stereocenters. The Balaban J connectivity index is 0.000000165. The standard InChI is InChI=1S/2C25H20BrNO3S.C4H10O/c2*26-18-12-7-13-19-21(18)25(24(30)27-19)17(15-8-3-1-4-9-15)14-20(28)23(31-25)22(29)16-10-5-2-6-11-16;1-3-5-4-2/h2*1-13,17,20,23,28H,14H2,(H,27,30);3-4H2,1-2H3/t2*17-,20+,23-,25+;/m10./s1. The average molecular weight is 1060 g/mol. The lowest BCUT2D eigenvalue weighted by Gasteiger charge is -2.45. The maximum Gasteiger partial charge on any atom is 0.245 e. The van der Waals surface area contributed by atoms with E-state index in [-0.39, 0.29) is 35.2 Å². The summed E-state index contributed by atoms with van der Waals surface area (Å²) < 4.78 is 4.43. The zero-order valence-electron chi connectivity index (χ0n) is 36.8. The highest BCUT2D eigenvalue weighted by Crippen LogP contribution is 2.64. The molecule has 9 nitrogen and oxygen atoms in total. The maximum atomic E-state index is 13.6. The summed E-state index contributed by atoms with van der Waals surface area (Å²) in [5.41, 5.74) is 6.20. The predicted octanol–water partition coefficient (Wildman–Crippen LogP) is 11.3. The van der Waals surface area contributed by atoms with Crippen LogP contribution in [0.15, 0.2) is 167 Å². The lowest BCUT2D eigenvalue weighted by Crippen LogP contribution is -2.49. The third-order valence-corrected chi connectivity index (χ3v) is 17.6. The highest BCUT2D eigenvalue weighted by Gasteiger charge is 2.62. The van der Waals surface area contributed by atoms with Crippen molar-refractivity contribution in [2.45, 2.75) is 70.7 Å². The summed E-state index contributed by atoms with van der Waals surface area (Å²) in [6.45, 7) is 5.67. The fourth-order valence-corrected chi connectivity index (χ4v) is 14.9. The van der Waals surface area contributed by atoms with Gasteiger partial charge in [0.2, 0.25) is 11.8 Å². The number of carbonyl (C=O) groups excluding carboxylic acids is 4. The Morgan fingerprint density at radius 3 is 1.22 bits per heavy atom. The van der Waals surface area contributed by atoms with E-state index in [0.717, 1.165) is 55.8 Å². The number of benzene rings is 6. The molecule has 4 heterocycles. The highest BCUT2D eigenvalue weighted by molar-refractivity contribution is 9.10. The van der Waals surface area contributed by atoms with Crippen LogP contribution in [0.5, 0.6) is 0 Å². The predicted molar refractivity (Wildman–Crippen MR) is 275 cm³/mol. The number of amides is 2. The van der Waals surface area contributed by atoms with Gasteiger partial charge in [-0.05, 0) is 62.1 Å². The van der Waals surface area contributed by atoms with E-state index in [4.69, 9.17) is 4.74 Å². The van der Waals surface area contributed by atoms with Gasteiger partial charge in [0.25, 0.3) is 0 Å². The van der Waals surface area contributed by atoms with Crippen LogP contribution in [0.25, 0.3) is 0 Å². The van der Waals surface area contributed by atoms with E-state index in [9.17, 15) is 29.4 Å². The Kier molecular flexibility index (Phi) is 15.4. The second-order valence-electron chi connectivity index (χ2n) is 16.6. The second kappa shape index (κ2) is 21.2. The van der Waals surface area contributed by atoms with Crippen LogP contribution >= 0.6 is 55.4 Å². The summed E-state index contributed by atoms with van der Waals surface area (Å²) in [4.78, 5) is 54.0. The number of hydrogen-bond acceptors (Lipinski definition) is 9. The molecule has 10 rings (SSSR count). The minimum Gasteiger partial charge on any atom is -0.391 e. The van der Waals surface area contributed by atoms with Gasteiger partial charge in [0.05, 0.1) is 22.7 Å². The van der Waals surface area contributed by atoms with Crippen molar-refractivity contribution in [1.29, 1.82) is 0 Å². The number of thioether (sulfide) groups is 2. The van der Waals surface area contributed by atoms with E-state index < -0.39 is 32.2 Å². The number of halogens is 2. The normalized spacial score (nSPS) is 25.6. The zero-order valence-corrected chi connectivity index (χ0v) is 41.6. The molecule has 2 amide bonds. The number of rotatable bonds is 8. The summed E-state index contributed by atoms with van der Waals surface area (Å²) in [6, 6.07) is 48.9. The molecule has 344 valence electrons. The number of carbonyl (C=O) groups is 4. The topological polar surface area (TPSA) is 142 Å². The van der Waals surface area contributed by atoms with Gasteiger partial charge in [-0.25, -0.2) is 0 Å². The summed E-state index contributed by atoms with van der Waals surface area (Å²) in [5, 5.41) is 26.8. The van der Waals surface area contributed by atoms with Crippen LogP contribution in [-0.2, 0) is 23.8 Å². The van der Waals surface area contributed by atoms with Crippen molar-refractivity contribution in [3.8, 4) is 0 Å². The number of fused-ring (bicyclic) bond motifs is 4. The van der Waals surface area contributed by atoms with Crippen LogP contribution in [0.1, 0.15) is 81.5 Å². The third-order valence-electron chi connectivity index (χ3n) is 12.6. The molecule has 0 radical (unpaired) electrons. The second-order valence-corrected chi connectivity index (χ2v) is 21.0. The number of aliphatic hydroxyl groups is 2. The van der Waals surface area contributed by atoms with Crippen molar-refractivity contribution in [3.05, 3.63) is 200 Å². The molecule has 4 aliphatic rings. The van der Waals surface area contributed by atoms with Crippen LogP contribution in [0, 0.1) is 0 Å². The third kappa shape index (κ3) is 9.36. The van der Waals surface area contributed by atoms with Crippen molar-refractivity contribution in [2.24, 2.45) is 0 Å². The quantitative estimate of drug-likeness (QED) is 0.110. The van der Waals surface area contributed by atoms with Crippen molar-refractivity contribution < 1.29 is 34.1 Å². The van der Waals surface area contributed by atoms with Gasteiger partial charge in [-0.3, -0.25) is 19.2 Å². The number of nitrogens with one attached hydrogen (secondary N) is 2. The first-order valence-electron chi connectivity index (χ1n) is 22.2. The Bertz CT molecular complexity index is 2550. The molecular formula is C54H50Br2N2O7S2. The number of Topliss-reactive ketones (excluding diaryl/α,β-unsaturated/α-hetero) is 2. The summed E-state index contributed by atoms with van der Waals surface area (Å²) in [5.74, 6) is -1.17. The molecule has 67 heavy (non-hydrogen) atoms. The van der Waals surface area contributed by atoms with Gasteiger partial charge in [0.1, 0.15) is 9.49 Å². The minimum absolute atomic E-state index is 0.147. The molecule has 0 aromatic heterocycles.